The molecule has 0 aliphatic carbocycles. The minimum Gasteiger partial charge on any atom is -0.759 e. The van der Waals surface area contributed by atoms with Crippen LogP contribution in [0.3, 0.4) is 0 Å². The maximum atomic E-state index is 8.52. The molecule has 0 radical (unpaired) electrons. The second-order valence-corrected chi connectivity index (χ2v) is 3.67. The van der Waals surface area contributed by atoms with Crippen molar-refractivity contribution in [2.24, 2.45) is 0 Å². The van der Waals surface area contributed by atoms with Gasteiger partial charge >= 0.3 is 34.7 Å². The van der Waals surface area contributed by atoms with Crippen molar-refractivity contribution in [3.63, 3.8) is 0 Å². The molecule has 40 N–H and O–H groups in total. The first-order valence-electron chi connectivity index (χ1n) is 2.00. The Morgan fingerprint density at radius 3 is 0.216 bits per heavy atom. The van der Waals surface area contributed by atoms with E-state index >= 15 is 0 Å². The molecule has 37 heavy (non-hydrogen) atoms. The van der Waals surface area contributed by atoms with Gasteiger partial charge in [-0.3, -0.25) is 25.3 Å². The predicted molar refractivity (Wildman–Crippen MR) is 115 cm³/mol. The SMILES string of the molecule is O.O.O.O.O.O.O.O.O.O.O.O.O.O.O.O.O.O.O.O.O=S(=O)([O-])[O-].O=S(=O)([O-])[O-].O=S(=O)([O-])[O-].[Al+3].[Al+3]. The van der Waals surface area contributed by atoms with Gasteiger partial charge in [-0.2, -0.15) is 0 Å². The molecule has 0 atom stereocenters. The summed E-state index contributed by atoms with van der Waals surface area (Å²) in [5.41, 5.74) is 0. The van der Waals surface area contributed by atoms with Gasteiger partial charge in [0.25, 0.3) is 0 Å². The van der Waals surface area contributed by atoms with Gasteiger partial charge in [-0.15, -0.1) is 0 Å². The molecule has 0 aliphatic heterocycles. The second kappa shape index (κ2) is 137. The third kappa shape index (κ3) is 2630000. The second-order valence-electron chi connectivity index (χ2n) is 1.22. The Bertz CT molecular complexity index is 347. The Morgan fingerprint density at radius 2 is 0.216 bits per heavy atom. The molecule has 37 heteroatoms. The van der Waals surface area contributed by atoms with Gasteiger partial charge < -0.3 is 137 Å². The average Bonchev–Trinajstić information content (AvgIpc) is 1.41. The topological polar surface area (TPSA) is 871 Å². The van der Waals surface area contributed by atoms with E-state index in [9.17, 15) is 0 Å². The van der Waals surface area contributed by atoms with Crippen molar-refractivity contribution in [1.29, 1.82) is 0 Å². The van der Waals surface area contributed by atoms with E-state index in [-0.39, 0.29) is 144 Å². The molecule has 0 aromatic rings. The molecule has 0 rings (SSSR count). The fraction of sp³-hybridized carbons (Fsp3) is 0. The van der Waals surface area contributed by atoms with Gasteiger partial charge in [0, 0.05) is 31.2 Å². The van der Waals surface area contributed by atoms with Crippen LogP contribution in [0.1, 0.15) is 0 Å². The van der Waals surface area contributed by atoms with Crippen molar-refractivity contribution in [2.45, 2.75) is 0 Å². The van der Waals surface area contributed by atoms with E-state index in [0.717, 1.165) is 0 Å². The van der Waals surface area contributed by atoms with Crippen molar-refractivity contribution >= 4 is 65.9 Å². The molecule has 0 saturated heterocycles. The standard InChI is InChI=1S/2Al.3H2O4S.20H2O/c;;3*1-5(2,3)4;;;;;;;;;;;;;;;;;;;;/h;;3*(H2,1,2,3,4);20*1H2/q2*+3;;;;;;;;;;;;;;;;;;;;;;;/p-6. The van der Waals surface area contributed by atoms with E-state index in [1.54, 1.807) is 0 Å². The van der Waals surface area contributed by atoms with Crippen LogP contribution in [0.4, 0.5) is 0 Å². The monoisotopic (exact) mass is 702 g/mol. The maximum Gasteiger partial charge on any atom is 3.00 e. The molecule has 0 heterocycles. The van der Waals surface area contributed by atoms with E-state index < -0.39 is 31.2 Å². The molecule has 0 bridgehead atoms. The van der Waals surface area contributed by atoms with Gasteiger partial charge in [0.15, 0.2) is 0 Å². The molecule has 0 unspecified atom stereocenters. The smallest absolute Gasteiger partial charge is 0.759 e. The van der Waals surface area contributed by atoms with E-state index in [2.05, 4.69) is 0 Å². The van der Waals surface area contributed by atoms with Gasteiger partial charge in [0.2, 0.25) is 0 Å². The molecular formula is H40Al2O32S3. The zero-order valence-electron chi connectivity index (χ0n) is 17.3. The zero-order valence-corrected chi connectivity index (χ0v) is 22.0. The fourth-order valence-electron chi connectivity index (χ4n) is 0. The molecule has 0 saturated carbocycles. The molecule has 256 valence electrons. The summed E-state index contributed by atoms with van der Waals surface area (Å²) in [7, 11) is -15.5. The summed E-state index contributed by atoms with van der Waals surface area (Å²) < 4.78 is 102. The molecular weight excluding hydrogens is 662 g/mol. The minimum absolute atomic E-state index is 0. The summed E-state index contributed by atoms with van der Waals surface area (Å²) in [6.07, 6.45) is 0. The predicted octanol–water partition coefficient (Wildman–Crippen LogP) is -21.3. The molecule has 0 aromatic carbocycles. The van der Waals surface area contributed by atoms with Crippen LogP contribution in [0.25, 0.3) is 0 Å². The number of hydrogen-bond donors (Lipinski definition) is 0. The van der Waals surface area contributed by atoms with E-state index in [0.29, 0.717) is 0 Å². The van der Waals surface area contributed by atoms with Crippen molar-refractivity contribution in [3.8, 4) is 0 Å². The van der Waals surface area contributed by atoms with Crippen molar-refractivity contribution in [3.05, 3.63) is 0 Å². The van der Waals surface area contributed by atoms with Gasteiger partial charge in [-0.25, -0.2) is 0 Å². The normalized spacial score (nSPS) is 4.70. The zero-order chi connectivity index (χ0) is 13.5. The number of rotatable bonds is 0. The molecule has 0 aliphatic rings. The summed E-state index contributed by atoms with van der Waals surface area (Å²) in [6.45, 7) is 0. The Kier molecular flexibility index (Phi) is 1240. The number of hydrogen-bond acceptors (Lipinski definition) is 12. The van der Waals surface area contributed by atoms with Gasteiger partial charge in [-0.05, 0) is 0 Å². The van der Waals surface area contributed by atoms with Gasteiger partial charge in [0.05, 0.1) is 0 Å². The van der Waals surface area contributed by atoms with Crippen LogP contribution in [0.15, 0.2) is 0 Å². The summed E-state index contributed by atoms with van der Waals surface area (Å²) in [6, 6.07) is 0. The summed E-state index contributed by atoms with van der Waals surface area (Å²) in [4.78, 5) is 0. The molecule has 32 nitrogen and oxygen atoms in total. The maximum absolute atomic E-state index is 8.52. The first kappa shape index (κ1) is 337. The Hall–Kier alpha value is -0.125. The van der Waals surface area contributed by atoms with Crippen LogP contribution in [-0.2, 0) is 31.2 Å². The van der Waals surface area contributed by atoms with Crippen molar-refractivity contribution < 1.29 is 162 Å². The van der Waals surface area contributed by atoms with Crippen LogP contribution in [0, 0.1) is 0 Å². The third-order valence-corrected chi connectivity index (χ3v) is 0. The van der Waals surface area contributed by atoms with E-state index in [4.69, 9.17) is 52.6 Å². The quantitative estimate of drug-likeness (QED) is 0.129. The molecule has 0 spiro atoms. The van der Waals surface area contributed by atoms with Crippen molar-refractivity contribution in [1.82, 2.24) is 0 Å². The summed E-state index contributed by atoms with van der Waals surface area (Å²) in [5.74, 6) is 0. The van der Waals surface area contributed by atoms with Crippen LogP contribution >= 0.6 is 0 Å². The molecule has 0 fully saturated rings. The van der Waals surface area contributed by atoms with Crippen LogP contribution in [0.5, 0.6) is 0 Å². The minimum atomic E-state index is -5.17. The van der Waals surface area contributed by atoms with E-state index in [1.165, 1.54) is 0 Å². The first-order valence-corrected chi connectivity index (χ1v) is 6.00. The summed E-state index contributed by atoms with van der Waals surface area (Å²) in [5, 5.41) is 0. The Labute approximate surface area is 228 Å². The fourth-order valence-corrected chi connectivity index (χ4v) is 0. The van der Waals surface area contributed by atoms with Crippen molar-refractivity contribution in [2.75, 3.05) is 0 Å². The molecule has 0 aromatic heterocycles. The van der Waals surface area contributed by atoms with Gasteiger partial charge in [0.1, 0.15) is 0 Å². The van der Waals surface area contributed by atoms with Crippen LogP contribution in [0.2, 0.25) is 0 Å². The Balaban J connectivity index is -0.00000000196. The third-order valence-electron chi connectivity index (χ3n) is 0. The van der Waals surface area contributed by atoms with Crippen LogP contribution < -0.4 is 0 Å². The first-order chi connectivity index (χ1) is 6.00. The Morgan fingerprint density at radius 1 is 0.216 bits per heavy atom. The molecule has 0 amide bonds. The average molecular weight is 702 g/mol. The van der Waals surface area contributed by atoms with Gasteiger partial charge in [-0.1, -0.05) is 0 Å². The van der Waals surface area contributed by atoms with E-state index in [1.807, 2.05) is 0 Å². The summed E-state index contributed by atoms with van der Waals surface area (Å²) >= 11 is 0. The van der Waals surface area contributed by atoms with Crippen LogP contribution in [-0.4, -0.2) is 197 Å². The largest absolute Gasteiger partial charge is 3.00 e.